The van der Waals surface area contributed by atoms with Crippen LogP contribution in [-0.2, 0) is 0 Å². The summed E-state index contributed by atoms with van der Waals surface area (Å²) in [6, 6.07) is 3.85. The van der Waals surface area contributed by atoms with E-state index in [-0.39, 0.29) is 24.8 Å². The van der Waals surface area contributed by atoms with Gasteiger partial charge >= 0.3 is 0 Å². The highest BCUT2D eigenvalue weighted by molar-refractivity contribution is 5.85. The van der Waals surface area contributed by atoms with E-state index < -0.39 is 0 Å². The largest absolute Gasteiger partial charge is 0.490 e. The molecule has 0 saturated carbocycles. The number of piperidine rings is 1. The molecule has 0 aromatic carbocycles. The zero-order valence-corrected chi connectivity index (χ0v) is 12.9. The van der Waals surface area contributed by atoms with Crippen LogP contribution in [-0.4, -0.2) is 49.2 Å². The number of rotatable bonds is 5. The Bertz CT molecular complexity index is 319. The summed E-state index contributed by atoms with van der Waals surface area (Å²) >= 11 is 0. The number of likely N-dealkylation sites (tertiary alicyclic amines) is 1. The average molecular weight is 308 g/mol. The SMILES string of the molecule is CNCCN1CCC(Oc2ccncc2)CC1.Cl.Cl. The highest BCUT2D eigenvalue weighted by Crippen LogP contribution is 2.17. The van der Waals surface area contributed by atoms with Crippen LogP contribution in [0.1, 0.15) is 12.8 Å². The molecule has 0 atom stereocenters. The van der Waals surface area contributed by atoms with Crippen LogP contribution in [0, 0.1) is 0 Å². The Hall–Kier alpha value is -0.550. The maximum Gasteiger partial charge on any atom is 0.122 e. The molecule has 1 aliphatic heterocycles. The topological polar surface area (TPSA) is 37.4 Å². The monoisotopic (exact) mass is 307 g/mol. The molecule has 110 valence electrons. The number of hydrogen-bond donors (Lipinski definition) is 1. The second-order valence-electron chi connectivity index (χ2n) is 4.45. The van der Waals surface area contributed by atoms with Crippen molar-refractivity contribution in [3.05, 3.63) is 24.5 Å². The summed E-state index contributed by atoms with van der Waals surface area (Å²) in [7, 11) is 2.00. The fourth-order valence-electron chi connectivity index (χ4n) is 2.13. The molecular formula is C13H23Cl2N3O. The van der Waals surface area contributed by atoms with Crippen molar-refractivity contribution in [1.29, 1.82) is 0 Å². The summed E-state index contributed by atoms with van der Waals surface area (Å²) in [6.45, 7) is 4.48. The molecule has 1 fully saturated rings. The van der Waals surface area contributed by atoms with Crippen LogP contribution in [0.25, 0.3) is 0 Å². The van der Waals surface area contributed by atoms with Crippen molar-refractivity contribution in [3.63, 3.8) is 0 Å². The van der Waals surface area contributed by atoms with E-state index in [1.54, 1.807) is 12.4 Å². The van der Waals surface area contributed by atoms with Gasteiger partial charge in [0, 0.05) is 38.6 Å². The second-order valence-corrected chi connectivity index (χ2v) is 4.45. The van der Waals surface area contributed by atoms with E-state index in [0.717, 1.165) is 44.8 Å². The number of aromatic nitrogens is 1. The molecule has 19 heavy (non-hydrogen) atoms. The lowest BCUT2D eigenvalue weighted by atomic mass is 10.1. The fourth-order valence-corrected chi connectivity index (χ4v) is 2.13. The van der Waals surface area contributed by atoms with Gasteiger partial charge in [-0.05, 0) is 32.0 Å². The Labute approximate surface area is 127 Å². The Balaban J connectivity index is 0.00000162. The molecule has 0 unspecified atom stereocenters. The lowest BCUT2D eigenvalue weighted by Gasteiger charge is -2.32. The Morgan fingerprint density at radius 3 is 2.47 bits per heavy atom. The number of pyridine rings is 1. The molecule has 1 aromatic rings. The van der Waals surface area contributed by atoms with E-state index in [9.17, 15) is 0 Å². The summed E-state index contributed by atoms with van der Waals surface area (Å²) < 4.78 is 5.93. The standard InChI is InChI=1S/C13H21N3O.2ClH/c1-14-8-11-16-9-4-13(5-10-16)17-12-2-6-15-7-3-12;;/h2-3,6-7,13-14H,4-5,8-11H2,1H3;2*1H. The smallest absolute Gasteiger partial charge is 0.122 e. The van der Waals surface area contributed by atoms with Gasteiger partial charge in [-0.25, -0.2) is 0 Å². The van der Waals surface area contributed by atoms with Crippen LogP contribution in [0.5, 0.6) is 5.75 Å². The first kappa shape index (κ1) is 18.4. The summed E-state index contributed by atoms with van der Waals surface area (Å²) in [5.74, 6) is 0.939. The van der Waals surface area contributed by atoms with E-state index in [2.05, 4.69) is 15.2 Å². The molecule has 1 aromatic heterocycles. The van der Waals surface area contributed by atoms with E-state index >= 15 is 0 Å². The van der Waals surface area contributed by atoms with Crippen molar-refractivity contribution < 1.29 is 4.74 Å². The minimum atomic E-state index is 0. The molecule has 6 heteroatoms. The van der Waals surface area contributed by atoms with E-state index in [0.29, 0.717) is 6.10 Å². The van der Waals surface area contributed by atoms with Gasteiger partial charge in [0.05, 0.1) is 0 Å². The van der Waals surface area contributed by atoms with Gasteiger partial charge in [-0.2, -0.15) is 0 Å². The van der Waals surface area contributed by atoms with Gasteiger partial charge < -0.3 is 15.0 Å². The van der Waals surface area contributed by atoms with Crippen LogP contribution in [0.2, 0.25) is 0 Å². The predicted molar refractivity (Wildman–Crippen MR) is 82.7 cm³/mol. The maximum atomic E-state index is 5.93. The van der Waals surface area contributed by atoms with Crippen LogP contribution >= 0.6 is 24.8 Å². The number of likely N-dealkylation sites (N-methyl/N-ethyl adjacent to an activating group) is 1. The molecule has 0 spiro atoms. The number of hydrogen-bond acceptors (Lipinski definition) is 4. The van der Waals surface area contributed by atoms with Gasteiger partial charge in [-0.1, -0.05) is 0 Å². The first-order chi connectivity index (χ1) is 8.38. The highest BCUT2D eigenvalue weighted by Gasteiger charge is 2.19. The Morgan fingerprint density at radius 1 is 1.26 bits per heavy atom. The molecule has 0 aliphatic carbocycles. The molecule has 0 bridgehead atoms. The van der Waals surface area contributed by atoms with Gasteiger partial charge in [0.1, 0.15) is 11.9 Å². The number of halogens is 2. The lowest BCUT2D eigenvalue weighted by molar-refractivity contribution is 0.101. The fraction of sp³-hybridized carbons (Fsp3) is 0.615. The van der Waals surface area contributed by atoms with Crippen molar-refractivity contribution in [2.75, 3.05) is 33.2 Å². The molecule has 4 nitrogen and oxygen atoms in total. The molecule has 1 saturated heterocycles. The first-order valence-corrected chi connectivity index (χ1v) is 6.32. The third kappa shape index (κ3) is 6.43. The normalized spacial score (nSPS) is 16.3. The Morgan fingerprint density at radius 2 is 1.89 bits per heavy atom. The van der Waals surface area contributed by atoms with Crippen LogP contribution in [0.4, 0.5) is 0 Å². The van der Waals surface area contributed by atoms with Crippen molar-refractivity contribution in [1.82, 2.24) is 15.2 Å². The van der Waals surface area contributed by atoms with E-state index in [4.69, 9.17) is 4.74 Å². The molecule has 2 rings (SSSR count). The quantitative estimate of drug-likeness (QED) is 0.903. The summed E-state index contributed by atoms with van der Waals surface area (Å²) in [5, 5.41) is 3.19. The van der Waals surface area contributed by atoms with E-state index in [1.165, 1.54) is 0 Å². The molecule has 1 aliphatic rings. The minimum absolute atomic E-state index is 0. The van der Waals surface area contributed by atoms with Gasteiger partial charge in [-0.3, -0.25) is 4.98 Å². The van der Waals surface area contributed by atoms with Crippen LogP contribution in [0.3, 0.4) is 0 Å². The van der Waals surface area contributed by atoms with Crippen molar-refractivity contribution in [2.24, 2.45) is 0 Å². The predicted octanol–water partition coefficient (Wildman–Crippen LogP) is 1.99. The van der Waals surface area contributed by atoms with E-state index in [1.807, 2.05) is 19.2 Å². The van der Waals surface area contributed by atoms with Gasteiger partial charge in [0.2, 0.25) is 0 Å². The van der Waals surface area contributed by atoms with Crippen molar-refractivity contribution in [3.8, 4) is 5.75 Å². The maximum absolute atomic E-state index is 5.93. The molecule has 0 radical (unpaired) electrons. The van der Waals surface area contributed by atoms with Gasteiger partial charge in [0.15, 0.2) is 0 Å². The summed E-state index contributed by atoms with van der Waals surface area (Å²) in [6.07, 6.45) is 6.15. The Kier molecular flexibility index (Phi) is 9.97. The minimum Gasteiger partial charge on any atom is -0.490 e. The van der Waals surface area contributed by atoms with Crippen LogP contribution < -0.4 is 10.1 Å². The zero-order valence-electron chi connectivity index (χ0n) is 11.2. The molecule has 1 N–H and O–H groups in total. The average Bonchev–Trinajstić information content (AvgIpc) is 2.39. The second kappa shape index (κ2) is 10.3. The van der Waals surface area contributed by atoms with Crippen molar-refractivity contribution >= 4 is 24.8 Å². The zero-order chi connectivity index (χ0) is 11.9. The summed E-state index contributed by atoms with van der Waals surface area (Å²) in [4.78, 5) is 6.48. The first-order valence-electron chi connectivity index (χ1n) is 6.32. The third-order valence-corrected chi connectivity index (χ3v) is 3.17. The molecule has 2 heterocycles. The molecule has 0 amide bonds. The van der Waals surface area contributed by atoms with Gasteiger partial charge in [-0.15, -0.1) is 24.8 Å². The molecular weight excluding hydrogens is 285 g/mol. The lowest BCUT2D eigenvalue weighted by Crippen LogP contribution is -2.40. The summed E-state index contributed by atoms with van der Waals surface area (Å²) in [5.41, 5.74) is 0. The number of nitrogens with one attached hydrogen (secondary N) is 1. The van der Waals surface area contributed by atoms with Gasteiger partial charge in [0.25, 0.3) is 0 Å². The van der Waals surface area contributed by atoms with Crippen molar-refractivity contribution in [2.45, 2.75) is 18.9 Å². The number of ether oxygens (including phenoxy) is 1. The third-order valence-electron chi connectivity index (χ3n) is 3.17. The van der Waals surface area contributed by atoms with Crippen LogP contribution in [0.15, 0.2) is 24.5 Å². The highest BCUT2D eigenvalue weighted by atomic mass is 35.5. The number of nitrogens with zero attached hydrogens (tertiary/aromatic N) is 2.